The molecule has 100 valence electrons. The smallest absolute Gasteiger partial charge is 0.268 e. The fraction of sp³-hybridized carbons (Fsp3) is 0.231. The van der Waals surface area contributed by atoms with Crippen molar-refractivity contribution in [1.29, 1.82) is 0 Å². The third-order valence-electron chi connectivity index (χ3n) is 3.01. The number of aromatic amines is 1. The average Bonchev–Trinajstić information content (AvgIpc) is 2.35. The van der Waals surface area contributed by atoms with Gasteiger partial charge in [-0.25, -0.2) is 5.10 Å². The van der Waals surface area contributed by atoms with Crippen LogP contribution in [0.2, 0.25) is 0 Å². The van der Waals surface area contributed by atoms with Gasteiger partial charge in [-0.1, -0.05) is 12.1 Å². The predicted octanol–water partition coefficient (Wildman–Crippen LogP) is 3.07. The molecule has 0 aliphatic rings. The number of benzene rings is 1. The van der Waals surface area contributed by atoms with Gasteiger partial charge in [0.05, 0.1) is 11.3 Å². The number of alkyl halides is 3. The van der Waals surface area contributed by atoms with Gasteiger partial charge in [0.2, 0.25) is 0 Å². The summed E-state index contributed by atoms with van der Waals surface area (Å²) in [5.74, 6) is 0. The van der Waals surface area contributed by atoms with Crippen LogP contribution in [0.15, 0.2) is 29.1 Å². The molecule has 0 saturated heterocycles. The predicted molar refractivity (Wildman–Crippen MR) is 64.8 cm³/mol. The Morgan fingerprint density at radius 2 is 1.63 bits per heavy atom. The Balaban J connectivity index is 2.49. The van der Waals surface area contributed by atoms with E-state index in [9.17, 15) is 18.0 Å². The molecule has 2 aromatic rings. The van der Waals surface area contributed by atoms with Gasteiger partial charge in [-0.05, 0) is 31.5 Å². The van der Waals surface area contributed by atoms with Crippen LogP contribution < -0.4 is 5.56 Å². The second kappa shape index (κ2) is 4.53. The molecule has 0 bridgehead atoms. The first-order valence-corrected chi connectivity index (χ1v) is 5.54. The van der Waals surface area contributed by atoms with Crippen molar-refractivity contribution in [2.24, 2.45) is 0 Å². The molecule has 0 radical (unpaired) electrons. The average molecular weight is 268 g/mol. The van der Waals surface area contributed by atoms with Gasteiger partial charge in [0.1, 0.15) is 0 Å². The molecule has 0 aliphatic carbocycles. The lowest BCUT2D eigenvalue weighted by molar-refractivity contribution is -0.137. The highest BCUT2D eigenvalue weighted by Gasteiger charge is 2.30. The Labute approximate surface area is 107 Å². The molecule has 0 atom stereocenters. The zero-order valence-corrected chi connectivity index (χ0v) is 10.3. The van der Waals surface area contributed by atoms with Crippen molar-refractivity contribution < 1.29 is 13.2 Å². The summed E-state index contributed by atoms with van der Waals surface area (Å²) < 4.78 is 37.4. The van der Waals surface area contributed by atoms with Gasteiger partial charge in [0.25, 0.3) is 5.56 Å². The molecule has 1 aromatic heterocycles. The van der Waals surface area contributed by atoms with E-state index in [0.717, 1.165) is 12.1 Å². The molecule has 0 spiro atoms. The summed E-state index contributed by atoms with van der Waals surface area (Å²) in [5.41, 5.74) is 1.16. The van der Waals surface area contributed by atoms with Crippen LogP contribution in [0.4, 0.5) is 13.2 Å². The number of nitrogens with one attached hydrogen (secondary N) is 1. The third kappa shape index (κ3) is 2.52. The SMILES string of the molecule is Cc1c(-c2ccc(C(F)(F)F)cc2)n[nH]c(=O)c1C. The van der Waals surface area contributed by atoms with Gasteiger partial charge in [-0.2, -0.15) is 18.3 Å². The topological polar surface area (TPSA) is 45.8 Å². The second-order valence-electron chi connectivity index (χ2n) is 4.23. The van der Waals surface area contributed by atoms with Crippen molar-refractivity contribution in [3.63, 3.8) is 0 Å². The first-order chi connectivity index (χ1) is 8.80. The third-order valence-corrected chi connectivity index (χ3v) is 3.01. The molecule has 1 heterocycles. The maximum atomic E-state index is 12.5. The van der Waals surface area contributed by atoms with Crippen LogP contribution in [-0.4, -0.2) is 10.2 Å². The Morgan fingerprint density at radius 1 is 1.05 bits per heavy atom. The minimum absolute atomic E-state index is 0.298. The lowest BCUT2D eigenvalue weighted by Crippen LogP contribution is -2.14. The van der Waals surface area contributed by atoms with E-state index in [2.05, 4.69) is 10.2 Å². The number of hydrogen-bond acceptors (Lipinski definition) is 2. The minimum atomic E-state index is -4.36. The molecule has 0 unspecified atom stereocenters. The summed E-state index contributed by atoms with van der Waals surface area (Å²) >= 11 is 0. The molecule has 0 aliphatic heterocycles. The molecule has 3 nitrogen and oxygen atoms in total. The number of nitrogens with zero attached hydrogens (tertiary/aromatic N) is 1. The molecule has 1 aromatic carbocycles. The quantitative estimate of drug-likeness (QED) is 0.863. The van der Waals surface area contributed by atoms with Gasteiger partial charge in [0.15, 0.2) is 0 Å². The van der Waals surface area contributed by atoms with Crippen LogP contribution >= 0.6 is 0 Å². The fourth-order valence-electron chi connectivity index (χ4n) is 1.72. The maximum Gasteiger partial charge on any atom is 0.416 e. The van der Waals surface area contributed by atoms with Crippen molar-refractivity contribution in [3.8, 4) is 11.3 Å². The Hall–Kier alpha value is -2.11. The van der Waals surface area contributed by atoms with E-state index in [4.69, 9.17) is 0 Å². The number of hydrogen-bond donors (Lipinski definition) is 1. The van der Waals surface area contributed by atoms with Gasteiger partial charge in [0, 0.05) is 11.1 Å². The molecule has 1 N–H and O–H groups in total. The van der Waals surface area contributed by atoms with Crippen molar-refractivity contribution in [2.75, 3.05) is 0 Å². The van der Waals surface area contributed by atoms with E-state index in [1.165, 1.54) is 12.1 Å². The van der Waals surface area contributed by atoms with Crippen LogP contribution in [0.1, 0.15) is 16.7 Å². The maximum absolute atomic E-state index is 12.5. The van der Waals surface area contributed by atoms with Crippen LogP contribution in [-0.2, 0) is 6.18 Å². The first-order valence-electron chi connectivity index (χ1n) is 5.54. The number of halogens is 3. The number of rotatable bonds is 1. The van der Waals surface area contributed by atoms with E-state index < -0.39 is 11.7 Å². The lowest BCUT2D eigenvalue weighted by Gasteiger charge is -2.09. The summed E-state index contributed by atoms with van der Waals surface area (Å²) in [6, 6.07) is 4.68. The molecule has 19 heavy (non-hydrogen) atoms. The van der Waals surface area contributed by atoms with Crippen LogP contribution in [0.5, 0.6) is 0 Å². The Morgan fingerprint density at radius 3 is 2.16 bits per heavy atom. The summed E-state index contributed by atoms with van der Waals surface area (Å²) in [6.07, 6.45) is -4.36. The zero-order chi connectivity index (χ0) is 14.2. The van der Waals surface area contributed by atoms with E-state index in [1.54, 1.807) is 13.8 Å². The summed E-state index contributed by atoms with van der Waals surface area (Å²) in [6.45, 7) is 3.36. The summed E-state index contributed by atoms with van der Waals surface area (Å²) in [4.78, 5) is 11.3. The summed E-state index contributed by atoms with van der Waals surface area (Å²) in [7, 11) is 0. The molecule has 0 fully saturated rings. The zero-order valence-electron chi connectivity index (χ0n) is 10.3. The van der Waals surface area contributed by atoms with Crippen LogP contribution in [0, 0.1) is 13.8 Å². The van der Waals surface area contributed by atoms with E-state index in [0.29, 0.717) is 22.4 Å². The van der Waals surface area contributed by atoms with Crippen molar-refractivity contribution >= 4 is 0 Å². The van der Waals surface area contributed by atoms with Crippen LogP contribution in [0.25, 0.3) is 11.3 Å². The number of H-pyrrole nitrogens is 1. The highest BCUT2D eigenvalue weighted by atomic mass is 19.4. The number of aromatic nitrogens is 2. The van der Waals surface area contributed by atoms with Gasteiger partial charge in [-0.15, -0.1) is 0 Å². The van der Waals surface area contributed by atoms with Crippen molar-refractivity contribution in [1.82, 2.24) is 10.2 Å². The van der Waals surface area contributed by atoms with E-state index in [-0.39, 0.29) is 5.56 Å². The first kappa shape index (κ1) is 13.3. The van der Waals surface area contributed by atoms with E-state index in [1.807, 2.05) is 0 Å². The second-order valence-corrected chi connectivity index (χ2v) is 4.23. The molecule has 0 amide bonds. The van der Waals surface area contributed by atoms with Crippen LogP contribution in [0.3, 0.4) is 0 Å². The summed E-state index contributed by atoms with van der Waals surface area (Å²) in [5, 5.41) is 6.21. The fourth-order valence-corrected chi connectivity index (χ4v) is 1.72. The Kier molecular flexibility index (Phi) is 3.18. The molecular formula is C13H11F3N2O. The largest absolute Gasteiger partial charge is 0.416 e. The standard InChI is InChI=1S/C13H11F3N2O/c1-7-8(2)12(19)18-17-11(7)9-3-5-10(6-4-9)13(14,15)16/h3-6H,1-2H3,(H,18,19). The van der Waals surface area contributed by atoms with Crippen molar-refractivity contribution in [2.45, 2.75) is 20.0 Å². The molecular weight excluding hydrogens is 257 g/mol. The molecule has 2 rings (SSSR count). The Bertz CT molecular complexity index is 657. The van der Waals surface area contributed by atoms with Gasteiger partial charge >= 0.3 is 6.18 Å². The van der Waals surface area contributed by atoms with Gasteiger partial charge in [-0.3, -0.25) is 4.79 Å². The van der Waals surface area contributed by atoms with Gasteiger partial charge < -0.3 is 0 Å². The lowest BCUT2D eigenvalue weighted by atomic mass is 10.0. The highest BCUT2D eigenvalue weighted by Crippen LogP contribution is 2.31. The van der Waals surface area contributed by atoms with E-state index >= 15 is 0 Å². The highest BCUT2D eigenvalue weighted by molar-refractivity contribution is 5.63. The van der Waals surface area contributed by atoms with Crippen molar-refractivity contribution in [3.05, 3.63) is 51.3 Å². The molecule has 6 heteroatoms. The monoisotopic (exact) mass is 268 g/mol. The normalized spacial score (nSPS) is 11.6. The minimum Gasteiger partial charge on any atom is -0.268 e. The molecule has 0 saturated carbocycles.